The number of anilines is 1. The Morgan fingerprint density at radius 1 is 1.03 bits per heavy atom. The topological polar surface area (TPSA) is 143 Å². The number of primary amides is 1. The van der Waals surface area contributed by atoms with Gasteiger partial charge in [0.2, 0.25) is 0 Å². The van der Waals surface area contributed by atoms with Gasteiger partial charge in [0.1, 0.15) is 11.4 Å². The van der Waals surface area contributed by atoms with Crippen LogP contribution < -0.4 is 11.1 Å². The maximum atomic E-state index is 14.5. The van der Waals surface area contributed by atoms with E-state index in [-0.39, 0.29) is 39.8 Å². The summed E-state index contributed by atoms with van der Waals surface area (Å²) in [7, 11) is 0. The van der Waals surface area contributed by atoms with Gasteiger partial charge >= 0.3 is 5.97 Å². The fraction of sp³-hybridized carbons (Fsp3) is 0.0714. The summed E-state index contributed by atoms with van der Waals surface area (Å²) in [5, 5.41) is 10.0. The van der Waals surface area contributed by atoms with Crippen LogP contribution in [0.1, 0.15) is 38.3 Å². The maximum absolute atomic E-state index is 14.5. The molecule has 39 heavy (non-hydrogen) atoms. The number of rotatable bonds is 7. The van der Waals surface area contributed by atoms with Crippen LogP contribution >= 0.6 is 11.6 Å². The molecule has 5 aromatic rings. The number of benzene rings is 3. The lowest BCUT2D eigenvalue weighted by Crippen LogP contribution is -2.19. The Hall–Kier alpha value is -4.96. The van der Waals surface area contributed by atoms with Crippen molar-refractivity contribution in [3.63, 3.8) is 0 Å². The molecule has 0 atom stereocenters. The van der Waals surface area contributed by atoms with Gasteiger partial charge < -0.3 is 20.8 Å². The number of nitrogens with one attached hydrogen (secondary N) is 3. The molecular weight excluding hydrogens is 525 g/mol. The van der Waals surface area contributed by atoms with E-state index in [1.807, 2.05) is 0 Å². The highest BCUT2D eigenvalue weighted by Crippen LogP contribution is 2.34. The number of nitrogens with zero attached hydrogens (tertiary/aromatic N) is 1. The highest BCUT2D eigenvalue weighted by molar-refractivity contribution is 6.31. The number of aromatic amines is 2. The van der Waals surface area contributed by atoms with Crippen LogP contribution in [-0.2, 0) is 4.74 Å². The fourth-order valence-electron chi connectivity index (χ4n) is 4.21. The van der Waals surface area contributed by atoms with Gasteiger partial charge in [0.25, 0.3) is 11.8 Å². The fourth-order valence-corrected chi connectivity index (χ4v) is 4.38. The molecule has 5 N–H and O–H groups in total. The molecule has 0 fully saturated rings. The Morgan fingerprint density at radius 2 is 1.79 bits per heavy atom. The minimum Gasteiger partial charge on any atom is -0.461 e. The second-order valence-corrected chi connectivity index (χ2v) is 8.93. The van der Waals surface area contributed by atoms with Crippen LogP contribution in [0.4, 0.5) is 10.1 Å². The third-order valence-electron chi connectivity index (χ3n) is 6.05. The molecule has 0 spiro atoms. The number of nitrogens with two attached hydrogens (primary N) is 1. The zero-order chi connectivity index (χ0) is 27.7. The van der Waals surface area contributed by atoms with E-state index in [0.717, 1.165) is 5.39 Å². The number of esters is 1. The molecule has 11 heteroatoms. The lowest BCUT2D eigenvalue weighted by Gasteiger charge is -2.14. The van der Waals surface area contributed by atoms with Crippen LogP contribution in [0.2, 0.25) is 5.02 Å². The summed E-state index contributed by atoms with van der Waals surface area (Å²) in [4.78, 5) is 40.6. The van der Waals surface area contributed by atoms with E-state index in [1.54, 1.807) is 49.4 Å². The molecule has 5 rings (SSSR count). The van der Waals surface area contributed by atoms with Crippen molar-refractivity contribution in [2.24, 2.45) is 5.73 Å². The van der Waals surface area contributed by atoms with Gasteiger partial charge in [-0.1, -0.05) is 35.9 Å². The van der Waals surface area contributed by atoms with Crippen molar-refractivity contribution in [2.75, 3.05) is 11.9 Å². The van der Waals surface area contributed by atoms with E-state index in [2.05, 4.69) is 20.5 Å². The number of carbonyl (C=O) groups excluding carboxylic acids is 3. The monoisotopic (exact) mass is 545 g/mol. The molecule has 0 unspecified atom stereocenters. The Balaban J connectivity index is 1.51. The van der Waals surface area contributed by atoms with Crippen LogP contribution in [-0.4, -0.2) is 39.6 Å². The molecule has 0 saturated heterocycles. The number of halogens is 2. The van der Waals surface area contributed by atoms with Crippen LogP contribution in [0.15, 0.2) is 66.7 Å². The van der Waals surface area contributed by atoms with E-state index in [4.69, 9.17) is 22.1 Å². The van der Waals surface area contributed by atoms with Gasteiger partial charge in [0, 0.05) is 22.0 Å². The zero-order valence-corrected chi connectivity index (χ0v) is 21.2. The van der Waals surface area contributed by atoms with E-state index in [9.17, 15) is 18.8 Å². The highest BCUT2D eigenvalue weighted by atomic mass is 35.5. The van der Waals surface area contributed by atoms with Gasteiger partial charge in [0.05, 0.1) is 28.6 Å². The summed E-state index contributed by atoms with van der Waals surface area (Å²) in [5.74, 6) is -2.51. The highest BCUT2D eigenvalue weighted by Gasteiger charge is 2.20. The van der Waals surface area contributed by atoms with Crippen molar-refractivity contribution in [2.45, 2.75) is 6.92 Å². The van der Waals surface area contributed by atoms with Gasteiger partial charge in [-0.05, 0) is 55.0 Å². The van der Waals surface area contributed by atoms with E-state index >= 15 is 0 Å². The van der Waals surface area contributed by atoms with E-state index in [0.29, 0.717) is 22.3 Å². The third kappa shape index (κ3) is 4.97. The van der Waals surface area contributed by atoms with E-state index in [1.165, 1.54) is 24.3 Å². The van der Waals surface area contributed by atoms with Crippen LogP contribution in [0.3, 0.4) is 0 Å². The maximum Gasteiger partial charge on any atom is 0.354 e. The molecule has 0 bridgehead atoms. The van der Waals surface area contributed by atoms with Crippen molar-refractivity contribution in [1.29, 1.82) is 0 Å². The lowest BCUT2D eigenvalue weighted by atomic mass is 9.98. The summed E-state index contributed by atoms with van der Waals surface area (Å²) in [6.07, 6.45) is 0. The molecule has 3 aromatic carbocycles. The number of amides is 2. The number of hydrogen-bond donors (Lipinski definition) is 4. The molecule has 0 aliphatic rings. The molecule has 196 valence electrons. The Labute approximate surface area is 226 Å². The number of H-pyrrole nitrogens is 2. The molecule has 0 aliphatic carbocycles. The number of carbonyl (C=O) groups is 3. The van der Waals surface area contributed by atoms with Crippen molar-refractivity contribution in [3.8, 4) is 22.4 Å². The predicted octanol–water partition coefficient (Wildman–Crippen LogP) is 5.55. The second-order valence-electron chi connectivity index (χ2n) is 8.52. The Morgan fingerprint density at radius 3 is 2.56 bits per heavy atom. The van der Waals surface area contributed by atoms with Gasteiger partial charge in [-0.25, -0.2) is 9.18 Å². The van der Waals surface area contributed by atoms with Crippen molar-refractivity contribution in [1.82, 2.24) is 15.2 Å². The summed E-state index contributed by atoms with van der Waals surface area (Å²) in [6.45, 7) is 1.97. The molecule has 2 heterocycles. The number of hydrogen-bond acceptors (Lipinski definition) is 5. The number of aromatic nitrogens is 3. The van der Waals surface area contributed by atoms with Crippen molar-refractivity contribution < 1.29 is 23.5 Å². The Kier molecular flexibility index (Phi) is 6.86. The number of para-hydroxylation sites is 1. The van der Waals surface area contributed by atoms with Crippen LogP contribution in [0.5, 0.6) is 0 Å². The first-order valence-corrected chi connectivity index (χ1v) is 12.2. The predicted molar refractivity (Wildman–Crippen MR) is 145 cm³/mol. The first-order valence-electron chi connectivity index (χ1n) is 11.8. The van der Waals surface area contributed by atoms with Gasteiger partial charge in [-0.3, -0.25) is 14.7 Å². The van der Waals surface area contributed by atoms with Crippen molar-refractivity contribution >= 4 is 46.0 Å². The normalized spacial score (nSPS) is 10.9. The van der Waals surface area contributed by atoms with Crippen LogP contribution in [0.25, 0.3) is 33.3 Å². The standard InChI is InChI=1S/C28H21ClFN5O4/c1-2-39-28(38)23-12-15-11-14(9-10-20(15)32-23)16-5-3-7-18(26(31)36)25(16)33-27(37)22-13-21(34-35-22)17-6-4-8-19(29)24(17)30/h3-13,32H,2H2,1H3,(H2,31,36)(H,33,37)(H,34,35). The average Bonchev–Trinajstić information content (AvgIpc) is 3.58. The molecule has 0 saturated carbocycles. The first-order chi connectivity index (χ1) is 18.8. The molecular formula is C28H21ClFN5O4. The SMILES string of the molecule is CCOC(=O)c1cc2cc(-c3cccc(C(N)=O)c3NC(=O)c3cc(-c4cccc(Cl)c4F)n[nH]3)ccc2[nH]1. The second kappa shape index (κ2) is 10.4. The smallest absolute Gasteiger partial charge is 0.354 e. The number of ether oxygens (including phenoxy) is 1. The lowest BCUT2D eigenvalue weighted by molar-refractivity contribution is 0.0520. The molecule has 2 amide bonds. The summed E-state index contributed by atoms with van der Waals surface area (Å²) in [5.41, 5.74) is 8.39. The Bertz CT molecular complexity index is 1760. The van der Waals surface area contributed by atoms with Crippen molar-refractivity contribution in [3.05, 3.63) is 94.5 Å². The molecule has 0 aliphatic heterocycles. The van der Waals surface area contributed by atoms with E-state index < -0.39 is 23.6 Å². The molecule has 9 nitrogen and oxygen atoms in total. The quantitative estimate of drug-likeness (QED) is 0.198. The first kappa shape index (κ1) is 25.7. The summed E-state index contributed by atoms with van der Waals surface area (Å²) >= 11 is 5.87. The van der Waals surface area contributed by atoms with Gasteiger partial charge in [-0.15, -0.1) is 0 Å². The third-order valence-corrected chi connectivity index (χ3v) is 6.34. The minimum atomic E-state index is -0.745. The molecule has 0 radical (unpaired) electrons. The van der Waals surface area contributed by atoms with Crippen LogP contribution in [0, 0.1) is 5.82 Å². The van der Waals surface area contributed by atoms with Gasteiger partial charge in [-0.2, -0.15) is 5.10 Å². The number of fused-ring (bicyclic) bond motifs is 1. The minimum absolute atomic E-state index is 0.0229. The largest absolute Gasteiger partial charge is 0.461 e. The zero-order valence-electron chi connectivity index (χ0n) is 20.5. The van der Waals surface area contributed by atoms with Gasteiger partial charge in [0.15, 0.2) is 5.82 Å². The summed E-state index contributed by atoms with van der Waals surface area (Å²) < 4.78 is 19.5. The average molecular weight is 546 g/mol. The summed E-state index contributed by atoms with van der Waals surface area (Å²) in [6, 6.07) is 17.7. The molecule has 2 aromatic heterocycles.